The molecule has 0 fully saturated rings. The summed E-state index contributed by atoms with van der Waals surface area (Å²) in [6, 6.07) is 5.93. The van der Waals surface area contributed by atoms with Crippen LogP contribution in [0.25, 0.3) is 0 Å². The molecule has 0 aromatic carbocycles. The molecule has 0 saturated heterocycles. The summed E-state index contributed by atoms with van der Waals surface area (Å²) >= 11 is 1.85. The van der Waals surface area contributed by atoms with Crippen LogP contribution in [0.4, 0.5) is 11.6 Å². The smallest absolute Gasteiger partial charge is 0.128 e. The van der Waals surface area contributed by atoms with Crippen molar-refractivity contribution in [2.45, 2.75) is 18.6 Å². The van der Waals surface area contributed by atoms with Gasteiger partial charge < -0.3 is 10.6 Å². The van der Waals surface area contributed by atoms with E-state index in [4.69, 9.17) is 0 Å². The van der Waals surface area contributed by atoms with Gasteiger partial charge in [-0.15, -0.1) is 0 Å². The van der Waals surface area contributed by atoms with Crippen LogP contribution in [-0.2, 0) is 0 Å². The lowest BCUT2D eigenvalue weighted by atomic mass is 10.2. The number of rotatable bonds is 5. The molecule has 4 heteroatoms. The second-order valence-corrected chi connectivity index (χ2v) is 5.49. The van der Waals surface area contributed by atoms with Gasteiger partial charge in [-0.3, -0.25) is 0 Å². The molecule has 0 radical (unpaired) electrons. The maximum Gasteiger partial charge on any atom is 0.128 e. The Kier molecular flexibility index (Phi) is 4.27. The standard InChI is InChI=1S/C11H19N3S/c1-11(2,15-4)8-13-10-7-5-6-9(12-3)14-10/h5-7H,8H2,1-4H3,(H2,12,13,14). The zero-order chi connectivity index (χ0) is 11.3. The Bertz CT molecular complexity index is 312. The number of aromatic nitrogens is 1. The Morgan fingerprint density at radius 2 is 2.00 bits per heavy atom. The van der Waals surface area contributed by atoms with Crippen molar-refractivity contribution in [3.63, 3.8) is 0 Å². The van der Waals surface area contributed by atoms with Crippen molar-refractivity contribution < 1.29 is 0 Å². The minimum Gasteiger partial charge on any atom is -0.373 e. The first-order chi connectivity index (χ1) is 7.07. The van der Waals surface area contributed by atoms with E-state index in [0.717, 1.165) is 18.2 Å². The zero-order valence-electron chi connectivity index (χ0n) is 9.79. The van der Waals surface area contributed by atoms with Gasteiger partial charge in [0.15, 0.2) is 0 Å². The number of hydrogen-bond acceptors (Lipinski definition) is 4. The quantitative estimate of drug-likeness (QED) is 0.808. The van der Waals surface area contributed by atoms with Crippen molar-refractivity contribution in [3.8, 4) is 0 Å². The van der Waals surface area contributed by atoms with Crippen molar-refractivity contribution in [1.29, 1.82) is 0 Å². The molecule has 15 heavy (non-hydrogen) atoms. The predicted molar refractivity (Wildman–Crippen MR) is 69.9 cm³/mol. The third-order valence-electron chi connectivity index (χ3n) is 2.25. The van der Waals surface area contributed by atoms with Gasteiger partial charge in [-0.2, -0.15) is 11.8 Å². The minimum atomic E-state index is 0.233. The fourth-order valence-electron chi connectivity index (χ4n) is 1.05. The monoisotopic (exact) mass is 225 g/mol. The van der Waals surface area contributed by atoms with Crippen LogP contribution in [0.15, 0.2) is 18.2 Å². The maximum atomic E-state index is 4.40. The number of thioether (sulfide) groups is 1. The van der Waals surface area contributed by atoms with E-state index >= 15 is 0 Å². The van der Waals surface area contributed by atoms with E-state index in [1.165, 1.54) is 0 Å². The zero-order valence-corrected chi connectivity index (χ0v) is 10.6. The molecule has 3 nitrogen and oxygen atoms in total. The molecule has 0 unspecified atom stereocenters. The Morgan fingerprint density at radius 1 is 1.33 bits per heavy atom. The first-order valence-corrected chi connectivity index (χ1v) is 6.24. The fourth-order valence-corrected chi connectivity index (χ4v) is 1.26. The largest absolute Gasteiger partial charge is 0.373 e. The molecule has 0 saturated carbocycles. The molecule has 2 N–H and O–H groups in total. The number of anilines is 2. The molecular formula is C11H19N3S. The van der Waals surface area contributed by atoms with E-state index in [2.05, 4.69) is 35.7 Å². The van der Waals surface area contributed by atoms with Gasteiger partial charge in [-0.05, 0) is 32.2 Å². The third kappa shape index (κ3) is 4.00. The number of pyridine rings is 1. The van der Waals surface area contributed by atoms with Gasteiger partial charge in [-0.25, -0.2) is 4.98 Å². The minimum absolute atomic E-state index is 0.233. The van der Waals surface area contributed by atoms with Crippen LogP contribution in [0.1, 0.15) is 13.8 Å². The van der Waals surface area contributed by atoms with Gasteiger partial charge in [0.2, 0.25) is 0 Å². The predicted octanol–water partition coefficient (Wildman–Crippen LogP) is 2.68. The van der Waals surface area contributed by atoms with Gasteiger partial charge in [0.25, 0.3) is 0 Å². The van der Waals surface area contributed by atoms with Crippen molar-refractivity contribution in [1.82, 2.24) is 4.98 Å². The van der Waals surface area contributed by atoms with Crippen LogP contribution < -0.4 is 10.6 Å². The second-order valence-electron chi connectivity index (χ2n) is 3.98. The van der Waals surface area contributed by atoms with Gasteiger partial charge >= 0.3 is 0 Å². The Hall–Kier alpha value is -0.900. The molecule has 0 aliphatic rings. The lowest BCUT2D eigenvalue weighted by molar-refractivity contribution is 0.750. The van der Waals surface area contributed by atoms with Gasteiger partial charge in [-0.1, -0.05) is 6.07 Å². The number of nitrogens with one attached hydrogen (secondary N) is 2. The fraction of sp³-hybridized carbons (Fsp3) is 0.545. The summed E-state index contributed by atoms with van der Waals surface area (Å²) < 4.78 is 0.233. The summed E-state index contributed by atoms with van der Waals surface area (Å²) in [5, 5.41) is 6.36. The average molecular weight is 225 g/mol. The molecule has 0 bridgehead atoms. The van der Waals surface area contributed by atoms with E-state index in [1.54, 1.807) is 0 Å². The summed E-state index contributed by atoms with van der Waals surface area (Å²) in [5.74, 6) is 1.81. The lowest BCUT2D eigenvalue weighted by Gasteiger charge is -2.22. The number of hydrogen-bond donors (Lipinski definition) is 2. The molecule has 1 aromatic rings. The molecule has 0 amide bonds. The summed E-state index contributed by atoms with van der Waals surface area (Å²) in [6.45, 7) is 5.34. The van der Waals surface area contributed by atoms with E-state index < -0.39 is 0 Å². The van der Waals surface area contributed by atoms with Crippen LogP contribution in [0.3, 0.4) is 0 Å². The molecule has 0 spiro atoms. The Balaban J connectivity index is 2.57. The first kappa shape index (κ1) is 12.2. The van der Waals surface area contributed by atoms with Gasteiger partial charge in [0.05, 0.1) is 0 Å². The van der Waals surface area contributed by atoms with Gasteiger partial charge in [0, 0.05) is 18.3 Å². The van der Waals surface area contributed by atoms with E-state index in [1.807, 2.05) is 37.0 Å². The lowest BCUT2D eigenvalue weighted by Crippen LogP contribution is -2.26. The summed E-state index contributed by atoms with van der Waals surface area (Å²) in [6.07, 6.45) is 2.12. The highest BCUT2D eigenvalue weighted by atomic mass is 32.2. The van der Waals surface area contributed by atoms with Crippen molar-refractivity contribution in [3.05, 3.63) is 18.2 Å². The molecule has 1 heterocycles. The van der Waals surface area contributed by atoms with Crippen LogP contribution in [0.2, 0.25) is 0 Å². The molecule has 0 aliphatic heterocycles. The molecule has 1 aromatic heterocycles. The van der Waals surface area contributed by atoms with Crippen LogP contribution in [-0.4, -0.2) is 29.6 Å². The Labute approximate surface area is 96.1 Å². The summed E-state index contributed by atoms with van der Waals surface area (Å²) in [4.78, 5) is 4.40. The van der Waals surface area contributed by atoms with Crippen LogP contribution >= 0.6 is 11.8 Å². The van der Waals surface area contributed by atoms with Gasteiger partial charge in [0.1, 0.15) is 11.6 Å². The van der Waals surface area contributed by atoms with Crippen molar-refractivity contribution in [2.24, 2.45) is 0 Å². The highest BCUT2D eigenvalue weighted by Gasteiger charge is 2.15. The third-order valence-corrected chi connectivity index (χ3v) is 3.50. The molecule has 84 valence electrons. The van der Waals surface area contributed by atoms with E-state index in [-0.39, 0.29) is 4.75 Å². The molecular weight excluding hydrogens is 206 g/mol. The highest BCUT2D eigenvalue weighted by Crippen LogP contribution is 2.21. The van der Waals surface area contributed by atoms with Crippen molar-refractivity contribution >= 4 is 23.4 Å². The summed E-state index contributed by atoms with van der Waals surface area (Å²) in [5.41, 5.74) is 0. The molecule has 0 aliphatic carbocycles. The highest BCUT2D eigenvalue weighted by molar-refractivity contribution is 7.99. The van der Waals surface area contributed by atoms with Crippen molar-refractivity contribution in [2.75, 3.05) is 30.5 Å². The van der Waals surface area contributed by atoms with E-state index in [0.29, 0.717) is 0 Å². The first-order valence-electron chi connectivity index (χ1n) is 5.01. The Morgan fingerprint density at radius 3 is 2.60 bits per heavy atom. The summed E-state index contributed by atoms with van der Waals surface area (Å²) in [7, 11) is 1.87. The second kappa shape index (κ2) is 5.26. The normalized spacial score (nSPS) is 11.2. The number of nitrogens with zero attached hydrogens (tertiary/aromatic N) is 1. The van der Waals surface area contributed by atoms with E-state index in [9.17, 15) is 0 Å². The SMILES string of the molecule is CNc1cccc(NCC(C)(C)SC)n1. The topological polar surface area (TPSA) is 37.0 Å². The van der Waals surface area contributed by atoms with Crippen LogP contribution in [0.5, 0.6) is 0 Å². The maximum absolute atomic E-state index is 4.40. The van der Waals surface area contributed by atoms with Crippen LogP contribution in [0, 0.1) is 0 Å². The molecule has 1 rings (SSSR count). The average Bonchev–Trinajstić information content (AvgIpc) is 2.27. The molecule has 0 atom stereocenters.